The van der Waals surface area contributed by atoms with Gasteiger partial charge < -0.3 is 14.5 Å². The highest BCUT2D eigenvalue weighted by Crippen LogP contribution is 2.30. The molecule has 2 rings (SSSR count). The molecule has 1 aromatic carbocycles. The van der Waals surface area contributed by atoms with Crippen molar-refractivity contribution in [3.05, 3.63) is 39.8 Å². The molecule has 0 aliphatic heterocycles. The Morgan fingerprint density at radius 3 is 2.29 bits per heavy atom. The number of benzene rings is 1. The van der Waals surface area contributed by atoms with Crippen LogP contribution in [0.15, 0.2) is 23.2 Å². The van der Waals surface area contributed by atoms with Crippen molar-refractivity contribution in [1.29, 1.82) is 0 Å². The summed E-state index contributed by atoms with van der Waals surface area (Å²) in [6.45, 7) is 6.37. The zero-order chi connectivity index (χ0) is 18.1. The normalized spacial score (nSPS) is 12.0. The van der Waals surface area contributed by atoms with E-state index in [-0.39, 0.29) is 33.3 Å². The summed E-state index contributed by atoms with van der Waals surface area (Å²) in [5, 5.41) is 0.424. The number of nitrogens with zero attached hydrogens (tertiary/aromatic N) is 2. The van der Waals surface area contributed by atoms with E-state index in [2.05, 4.69) is 4.98 Å². The third-order valence-electron chi connectivity index (χ3n) is 3.38. The Morgan fingerprint density at radius 2 is 1.83 bits per heavy atom. The zero-order valence-electron chi connectivity index (χ0n) is 13.6. The van der Waals surface area contributed by atoms with Crippen molar-refractivity contribution in [2.75, 3.05) is 0 Å². The van der Waals surface area contributed by atoms with E-state index in [9.17, 15) is 8.42 Å². The number of hydrogen-bond acceptors (Lipinski definition) is 5. The Bertz CT molecular complexity index is 828. The summed E-state index contributed by atoms with van der Waals surface area (Å²) in [7, 11) is -4.15. The Kier molecular flexibility index (Phi) is 5.80. The molecule has 1 heterocycles. The highest BCUT2D eigenvalue weighted by atomic mass is 35.5. The van der Waals surface area contributed by atoms with E-state index in [0.717, 1.165) is 0 Å². The fraction of sp³-hybridized carbons (Fsp3) is 0.400. The molecule has 9 heteroatoms. The van der Waals surface area contributed by atoms with Crippen LogP contribution in [0.5, 0.6) is 5.75 Å². The van der Waals surface area contributed by atoms with Crippen LogP contribution < -0.4 is 9.92 Å². The molecule has 2 N–H and O–H groups in total. The van der Waals surface area contributed by atoms with Gasteiger partial charge in [0, 0.05) is 28.7 Å². The highest BCUT2D eigenvalue weighted by molar-refractivity contribution is 7.87. The molecule has 0 atom stereocenters. The number of rotatable bonds is 6. The lowest BCUT2D eigenvalue weighted by Crippen LogP contribution is -2.15. The van der Waals surface area contributed by atoms with Gasteiger partial charge in [0.25, 0.3) is 0 Å². The summed E-state index contributed by atoms with van der Waals surface area (Å²) in [4.78, 5) is 4.19. The summed E-state index contributed by atoms with van der Waals surface area (Å²) in [5.41, 5.74) is 6.25. The van der Waals surface area contributed by atoms with Crippen molar-refractivity contribution in [2.24, 2.45) is 5.73 Å². The lowest BCUT2D eigenvalue weighted by Gasteiger charge is -2.13. The lowest BCUT2D eigenvalue weighted by molar-refractivity contribution is 0.480. The largest absolute Gasteiger partial charge is 0.378 e. The summed E-state index contributed by atoms with van der Waals surface area (Å²) in [6, 6.07) is 4.24. The first kappa shape index (κ1) is 19.1. The van der Waals surface area contributed by atoms with Crippen LogP contribution in [0.25, 0.3) is 0 Å². The van der Waals surface area contributed by atoms with Gasteiger partial charge in [-0.2, -0.15) is 8.42 Å². The van der Waals surface area contributed by atoms with Crippen LogP contribution >= 0.6 is 23.2 Å². The van der Waals surface area contributed by atoms with Crippen LogP contribution in [-0.4, -0.2) is 18.0 Å². The maximum absolute atomic E-state index is 12.7. The van der Waals surface area contributed by atoms with Gasteiger partial charge in [-0.1, -0.05) is 37.0 Å². The van der Waals surface area contributed by atoms with E-state index in [4.69, 9.17) is 33.1 Å². The molecule has 6 nitrogen and oxygen atoms in total. The van der Waals surface area contributed by atoms with Gasteiger partial charge in [-0.05, 0) is 18.9 Å². The van der Waals surface area contributed by atoms with E-state index in [1.807, 2.05) is 20.8 Å². The number of hydrogen-bond donors (Lipinski definition) is 1. The quantitative estimate of drug-likeness (QED) is 0.760. The monoisotopic (exact) mass is 391 g/mol. The van der Waals surface area contributed by atoms with E-state index >= 15 is 0 Å². The third-order valence-corrected chi connectivity index (χ3v) is 5.00. The van der Waals surface area contributed by atoms with Crippen LogP contribution in [0.1, 0.15) is 38.2 Å². The molecule has 0 unspecified atom stereocenters. The van der Waals surface area contributed by atoms with Gasteiger partial charge in [0.1, 0.15) is 11.6 Å². The van der Waals surface area contributed by atoms with E-state index in [1.165, 1.54) is 18.2 Å². The second-order valence-electron chi connectivity index (χ2n) is 5.46. The van der Waals surface area contributed by atoms with Crippen molar-refractivity contribution in [1.82, 2.24) is 9.55 Å². The molecule has 0 spiro atoms. The molecule has 132 valence electrons. The van der Waals surface area contributed by atoms with Gasteiger partial charge >= 0.3 is 10.1 Å². The first-order valence-corrected chi connectivity index (χ1v) is 9.56. The number of aromatic nitrogens is 2. The summed E-state index contributed by atoms with van der Waals surface area (Å²) in [5.74, 6) is 0.448. The summed E-state index contributed by atoms with van der Waals surface area (Å²) < 4.78 is 32.4. The van der Waals surface area contributed by atoms with Crippen molar-refractivity contribution >= 4 is 33.3 Å². The second-order valence-corrected chi connectivity index (χ2v) is 7.80. The number of nitrogens with two attached hydrogens (primary N) is 1. The fourth-order valence-electron chi connectivity index (χ4n) is 2.48. The molecule has 2 aromatic rings. The Balaban J connectivity index is 2.54. The zero-order valence-corrected chi connectivity index (χ0v) is 15.9. The fourth-order valence-corrected chi connectivity index (χ4v) is 4.24. The maximum atomic E-state index is 12.7. The first-order valence-electron chi connectivity index (χ1n) is 7.39. The Morgan fingerprint density at radius 1 is 1.25 bits per heavy atom. The van der Waals surface area contributed by atoms with Gasteiger partial charge in [-0.15, -0.1) is 0 Å². The van der Waals surface area contributed by atoms with Gasteiger partial charge in [-0.25, -0.2) is 4.98 Å². The smallest absolute Gasteiger partial charge is 0.358 e. The maximum Gasteiger partial charge on any atom is 0.358 e. The van der Waals surface area contributed by atoms with Gasteiger partial charge in [0.2, 0.25) is 5.03 Å². The Labute approximate surface area is 151 Å². The molecule has 0 saturated heterocycles. The molecule has 0 amide bonds. The topological polar surface area (TPSA) is 87.2 Å². The van der Waals surface area contributed by atoms with Crippen molar-refractivity contribution < 1.29 is 12.6 Å². The van der Waals surface area contributed by atoms with Crippen molar-refractivity contribution in [3.8, 4) is 5.75 Å². The molecule has 0 aliphatic rings. The molecule has 0 bridgehead atoms. The summed E-state index contributed by atoms with van der Waals surface area (Å²) in [6.07, 6.45) is 0. The summed E-state index contributed by atoms with van der Waals surface area (Å²) >= 11 is 11.8. The minimum Gasteiger partial charge on any atom is -0.378 e. The van der Waals surface area contributed by atoms with Crippen LogP contribution in [0.2, 0.25) is 10.0 Å². The number of imidazole rings is 1. The first-order chi connectivity index (χ1) is 11.2. The molecule has 0 aliphatic carbocycles. The molecular weight excluding hydrogens is 373 g/mol. The average Bonchev–Trinajstić information content (AvgIpc) is 2.85. The third kappa shape index (κ3) is 3.85. The van der Waals surface area contributed by atoms with Crippen LogP contribution in [-0.2, 0) is 23.2 Å². The van der Waals surface area contributed by atoms with Crippen molar-refractivity contribution in [2.45, 2.75) is 44.8 Å². The van der Waals surface area contributed by atoms with Gasteiger partial charge in [0.15, 0.2) is 0 Å². The average molecular weight is 392 g/mol. The standard InChI is InChI=1S/C15H19Cl2N3O3S/c1-4-20-13(8-18)19-15(14(20)9(2)3)24(21,22)23-12-6-10(16)5-11(17)7-12/h5-7,9H,4,8,18H2,1-3H3. The lowest BCUT2D eigenvalue weighted by atomic mass is 10.1. The van der Waals surface area contributed by atoms with Gasteiger partial charge in [-0.3, -0.25) is 0 Å². The highest BCUT2D eigenvalue weighted by Gasteiger charge is 2.30. The van der Waals surface area contributed by atoms with Crippen molar-refractivity contribution in [3.63, 3.8) is 0 Å². The van der Waals surface area contributed by atoms with Crippen LogP contribution in [0.3, 0.4) is 0 Å². The predicted molar refractivity (Wildman–Crippen MR) is 94.2 cm³/mol. The molecule has 0 radical (unpaired) electrons. The predicted octanol–water partition coefficient (Wildman–Crippen LogP) is 3.56. The number of halogens is 2. The molecular formula is C15H19Cl2N3O3S. The van der Waals surface area contributed by atoms with E-state index < -0.39 is 10.1 Å². The second kappa shape index (κ2) is 7.31. The van der Waals surface area contributed by atoms with Crippen LogP contribution in [0, 0.1) is 0 Å². The molecule has 1 aromatic heterocycles. The van der Waals surface area contributed by atoms with E-state index in [1.54, 1.807) is 4.57 Å². The molecule has 24 heavy (non-hydrogen) atoms. The minimum absolute atomic E-state index is 0.0301. The van der Waals surface area contributed by atoms with E-state index in [0.29, 0.717) is 18.1 Å². The SMILES string of the molecule is CCn1c(CN)nc(S(=O)(=O)Oc2cc(Cl)cc(Cl)c2)c1C(C)C. The minimum atomic E-state index is -4.15. The van der Waals surface area contributed by atoms with Crippen LogP contribution in [0.4, 0.5) is 0 Å². The molecule has 0 saturated carbocycles. The van der Waals surface area contributed by atoms with Gasteiger partial charge in [0.05, 0.1) is 12.2 Å². The molecule has 0 fully saturated rings. The Hall–Kier alpha value is -1.28.